The van der Waals surface area contributed by atoms with Gasteiger partial charge in [-0.3, -0.25) is 0 Å². The fourth-order valence-corrected chi connectivity index (χ4v) is 1.82. The molecule has 1 heterocycles. The van der Waals surface area contributed by atoms with Gasteiger partial charge in [-0.1, -0.05) is 11.6 Å². The first kappa shape index (κ1) is 10.7. The fraction of sp³-hybridized carbons (Fsp3) is 0.308. The van der Waals surface area contributed by atoms with Crippen molar-refractivity contribution in [3.8, 4) is 0 Å². The van der Waals surface area contributed by atoms with Crippen molar-refractivity contribution in [3.05, 3.63) is 41.8 Å². The SMILES string of the molecule is CNc1cccnc1NC1=CC(C)=CCC1. The van der Waals surface area contributed by atoms with E-state index in [1.54, 1.807) is 6.20 Å². The van der Waals surface area contributed by atoms with Gasteiger partial charge in [0.2, 0.25) is 0 Å². The van der Waals surface area contributed by atoms with Crippen LogP contribution in [0.3, 0.4) is 0 Å². The molecule has 0 fully saturated rings. The molecule has 0 saturated carbocycles. The van der Waals surface area contributed by atoms with E-state index in [9.17, 15) is 0 Å². The van der Waals surface area contributed by atoms with Crippen molar-refractivity contribution in [2.24, 2.45) is 0 Å². The van der Waals surface area contributed by atoms with Crippen molar-refractivity contribution in [1.29, 1.82) is 0 Å². The van der Waals surface area contributed by atoms with Crippen LogP contribution in [0.1, 0.15) is 19.8 Å². The summed E-state index contributed by atoms with van der Waals surface area (Å²) in [5.41, 5.74) is 3.57. The highest BCUT2D eigenvalue weighted by molar-refractivity contribution is 5.65. The van der Waals surface area contributed by atoms with Gasteiger partial charge in [0, 0.05) is 18.9 Å². The van der Waals surface area contributed by atoms with E-state index in [-0.39, 0.29) is 0 Å². The van der Waals surface area contributed by atoms with Gasteiger partial charge < -0.3 is 10.6 Å². The summed E-state index contributed by atoms with van der Waals surface area (Å²) in [6.07, 6.45) is 8.39. The van der Waals surface area contributed by atoms with E-state index in [1.807, 2.05) is 19.2 Å². The summed E-state index contributed by atoms with van der Waals surface area (Å²) in [6, 6.07) is 3.94. The first-order chi connectivity index (χ1) is 7.79. The number of anilines is 2. The maximum Gasteiger partial charge on any atom is 0.153 e. The fourth-order valence-electron chi connectivity index (χ4n) is 1.82. The predicted octanol–water partition coefficient (Wildman–Crippen LogP) is 3.16. The summed E-state index contributed by atoms with van der Waals surface area (Å²) in [5.74, 6) is 0.894. The van der Waals surface area contributed by atoms with Gasteiger partial charge >= 0.3 is 0 Å². The van der Waals surface area contributed by atoms with Gasteiger partial charge in [0.15, 0.2) is 5.82 Å². The Morgan fingerprint density at radius 2 is 2.25 bits per heavy atom. The van der Waals surface area contributed by atoms with Crippen LogP contribution in [0.4, 0.5) is 11.5 Å². The topological polar surface area (TPSA) is 37.0 Å². The van der Waals surface area contributed by atoms with Crippen LogP contribution in [0, 0.1) is 0 Å². The lowest BCUT2D eigenvalue weighted by molar-refractivity contribution is 0.946. The second kappa shape index (κ2) is 4.84. The minimum absolute atomic E-state index is 0.894. The van der Waals surface area contributed by atoms with Crippen LogP contribution in [0.15, 0.2) is 41.8 Å². The lowest BCUT2D eigenvalue weighted by Gasteiger charge is -2.15. The van der Waals surface area contributed by atoms with Crippen LogP contribution < -0.4 is 10.6 Å². The molecule has 1 aromatic heterocycles. The minimum atomic E-state index is 0.894. The summed E-state index contributed by atoms with van der Waals surface area (Å²) >= 11 is 0. The smallest absolute Gasteiger partial charge is 0.153 e. The number of allylic oxidation sites excluding steroid dienone is 4. The average Bonchev–Trinajstić information content (AvgIpc) is 2.30. The molecule has 0 unspecified atom stereocenters. The van der Waals surface area contributed by atoms with Crippen molar-refractivity contribution in [1.82, 2.24) is 4.98 Å². The number of nitrogens with one attached hydrogen (secondary N) is 2. The van der Waals surface area contributed by atoms with E-state index in [2.05, 4.69) is 34.7 Å². The lowest BCUT2D eigenvalue weighted by Crippen LogP contribution is -2.06. The number of pyridine rings is 1. The molecule has 0 saturated heterocycles. The van der Waals surface area contributed by atoms with Gasteiger partial charge in [0.1, 0.15) is 0 Å². The van der Waals surface area contributed by atoms with Crippen LogP contribution in [0.5, 0.6) is 0 Å². The highest BCUT2D eigenvalue weighted by Gasteiger charge is 2.06. The van der Waals surface area contributed by atoms with E-state index in [0.717, 1.165) is 24.3 Å². The molecule has 3 heteroatoms. The molecule has 0 aromatic carbocycles. The number of nitrogens with zero attached hydrogens (tertiary/aromatic N) is 1. The molecule has 2 N–H and O–H groups in total. The van der Waals surface area contributed by atoms with Gasteiger partial charge in [0.05, 0.1) is 5.69 Å². The second-order valence-electron chi connectivity index (χ2n) is 3.93. The highest BCUT2D eigenvalue weighted by atomic mass is 15.0. The van der Waals surface area contributed by atoms with Crippen molar-refractivity contribution in [2.75, 3.05) is 17.7 Å². The summed E-state index contributed by atoms with van der Waals surface area (Å²) < 4.78 is 0. The van der Waals surface area contributed by atoms with Gasteiger partial charge in [-0.15, -0.1) is 0 Å². The summed E-state index contributed by atoms with van der Waals surface area (Å²) in [6.45, 7) is 2.12. The molecule has 1 aromatic rings. The molecule has 2 rings (SSSR count). The third-order valence-corrected chi connectivity index (χ3v) is 2.64. The van der Waals surface area contributed by atoms with E-state index < -0.39 is 0 Å². The van der Waals surface area contributed by atoms with Crippen LogP contribution >= 0.6 is 0 Å². The number of aromatic nitrogens is 1. The molecule has 1 aliphatic carbocycles. The molecule has 3 nitrogen and oxygen atoms in total. The molecule has 16 heavy (non-hydrogen) atoms. The molecule has 1 aliphatic rings. The average molecular weight is 215 g/mol. The van der Waals surface area contributed by atoms with Crippen molar-refractivity contribution in [3.63, 3.8) is 0 Å². The Kier molecular flexibility index (Phi) is 3.25. The van der Waals surface area contributed by atoms with E-state index in [4.69, 9.17) is 0 Å². The number of hydrogen-bond acceptors (Lipinski definition) is 3. The van der Waals surface area contributed by atoms with Crippen LogP contribution in [0.2, 0.25) is 0 Å². The zero-order valence-corrected chi connectivity index (χ0v) is 9.75. The molecule has 0 atom stereocenters. The van der Waals surface area contributed by atoms with Crippen molar-refractivity contribution >= 4 is 11.5 Å². The summed E-state index contributed by atoms with van der Waals surface area (Å²) in [5, 5.41) is 6.51. The molecule has 0 spiro atoms. The van der Waals surface area contributed by atoms with Gasteiger partial charge in [-0.05, 0) is 38.0 Å². The molecule has 0 bridgehead atoms. The third-order valence-electron chi connectivity index (χ3n) is 2.64. The Labute approximate surface area is 96.3 Å². The molecular formula is C13H17N3. The van der Waals surface area contributed by atoms with Crippen LogP contribution in [-0.2, 0) is 0 Å². The zero-order valence-electron chi connectivity index (χ0n) is 9.75. The Hall–Kier alpha value is -1.77. The monoisotopic (exact) mass is 215 g/mol. The Balaban J connectivity index is 2.18. The number of rotatable bonds is 3. The maximum atomic E-state index is 4.33. The summed E-state index contributed by atoms with van der Waals surface area (Å²) in [7, 11) is 1.91. The van der Waals surface area contributed by atoms with Crippen LogP contribution in [0.25, 0.3) is 0 Å². The van der Waals surface area contributed by atoms with Gasteiger partial charge in [-0.2, -0.15) is 0 Å². The Morgan fingerprint density at radius 3 is 3.00 bits per heavy atom. The summed E-state index contributed by atoms with van der Waals surface area (Å²) in [4.78, 5) is 4.33. The lowest BCUT2D eigenvalue weighted by atomic mass is 10.1. The van der Waals surface area contributed by atoms with E-state index in [1.165, 1.54) is 11.3 Å². The minimum Gasteiger partial charge on any atom is -0.385 e. The van der Waals surface area contributed by atoms with E-state index in [0.29, 0.717) is 0 Å². The zero-order chi connectivity index (χ0) is 11.4. The highest BCUT2D eigenvalue weighted by Crippen LogP contribution is 2.23. The first-order valence-electron chi connectivity index (χ1n) is 5.56. The standard InChI is InChI=1S/C13H17N3/c1-10-5-3-6-11(9-10)16-13-12(14-2)7-4-8-15-13/h4-5,7-9,14H,3,6H2,1-2H3,(H,15,16). The first-order valence-corrected chi connectivity index (χ1v) is 5.56. The molecule has 0 radical (unpaired) electrons. The maximum absolute atomic E-state index is 4.33. The Bertz CT molecular complexity index is 433. The predicted molar refractivity (Wildman–Crippen MR) is 68.5 cm³/mol. The number of hydrogen-bond donors (Lipinski definition) is 2. The van der Waals surface area contributed by atoms with Gasteiger partial charge in [0.25, 0.3) is 0 Å². The largest absolute Gasteiger partial charge is 0.385 e. The normalized spacial score (nSPS) is 15.1. The van der Waals surface area contributed by atoms with Crippen molar-refractivity contribution < 1.29 is 0 Å². The Morgan fingerprint density at radius 1 is 1.38 bits per heavy atom. The molecular weight excluding hydrogens is 198 g/mol. The molecule has 0 aliphatic heterocycles. The second-order valence-corrected chi connectivity index (χ2v) is 3.93. The van der Waals surface area contributed by atoms with Crippen molar-refractivity contribution in [2.45, 2.75) is 19.8 Å². The third kappa shape index (κ3) is 2.42. The quantitative estimate of drug-likeness (QED) is 0.813. The van der Waals surface area contributed by atoms with Crippen LogP contribution in [-0.4, -0.2) is 12.0 Å². The van der Waals surface area contributed by atoms with Gasteiger partial charge in [-0.25, -0.2) is 4.98 Å². The van der Waals surface area contributed by atoms with E-state index >= 15 is 0 Å². The molecule has 0 amide bonds. The molecule has 84 valence electrons.